The number of hydrogen-bond acceptors (Lipinski definition) is 3. The van der Waals surface area contributed by atoms with Gasteiger partial charge in [0.15, 0.2) is 0 Å². The fourth-order valence-electron chi connectivity index (χ4n) is 1.37. The van der Waals surface area contributed by atoms with Crippen LogP contribution in [0.5, 0.6) is 0 Å². The highest BCUT2D eigenvalue weighted by molar-refractivity contribution is 6.01. The van der Waals surface area contributed by atoms with E-state index in [0.29, 0.717) is 5.69 Å². The number of carboxylic acid groups (broad SMARTS) is 1. The monoisotopic (exact) mass is 250 g/mol. The zero-order valence-electron chi connectivity index (χ0n) is 11.0. The molecule has 0 aliphatic carbocycles. The number of aromatic carboxylic acids is 1. The highest BCUT2D eigenvalue weighted by Crippen LogP contribution is 2.22. The molecule has 1 aromatic carbocycles. The van der Waals surface area contributed by atoms with Crippen LogP contribution < -0.4 is 10.2 Å². The molecule has 0 bridgehead atoms. The Morgan fingerprint density at radius 1 is 1.28 bits per heavy atom. The van der Waals surface area contributed by atoms with E-state index >= 15 is 0 Å². The molecule has 1 amide bonds. The summed E-state index contributed by atoms with van der Waals surface area (Å²) >= 11 is 0. The summed E-state index contributed by atoms with van der Waals surface area (Å²) in [5, 5.41) is 11.8. The van der Waals surface area contributed by atoms with Crippen molar-refractivity contribution in [2.45, 2.75) is 13.8 Å². The summed E-state index contributed by atoms with van der Waals surface area (Å²) in [6.45, 7) is 3.51. The molecule has 0 atom stereocenters. The van der Waals surface area contributed by atoms with Gasteiger partial charge in [-0.25, -0.2) is 4.79 Å². The lowest BCUT2D eigenvalue weighted by Crippen LogP contribution is -2.20. The molecule has 0 spiro atoms. The zero-order valence-corrected chi connectivity index (χ0v) is 11.0. The summed E-state index contributed by atoms with van der Waals surface area (Å²) < 4.78 is 0. The summed E-state index contributed by atoms with van der Waals surface area (Å²) in [7, 11) is 3.65. The van der Waals surface area contributed by atoms with Crippen LogP contribution in [0.25, 0.3) is 0 Å². The lowest BCUT2D eigenvalue weighted by molar-refractivity contribution is -0.118. The number of nitrogens with one attached hydrogen (secondary N) is 1. The van der Waals surface area contributed by atoms with Gasteiger partial charge in [-0.3, -0.25) is 4.79 Å². The predicted molar refractivity (Wildman–Crippen MR) is 71.2 cm³/mol. The van der Waals surface area contributed by atoms with Crippen molar-refractivity contribution in [2.24, 2.45) is 5.92 Å². The molecular formula is C13H18N2O3. The first kappa shape index (κ1) is 14.0. The average Bonchev–Trinajstić information content (AvgIpc) is 2.28. The van der Waals surface area contributed by atoms with E-state index in [4.69, 9.17) is 5.11 Å². The summed E-state index contributed by atoms with van der Waals surface area (Å²) in [5.74, 6) is -1.45. The third-order valence-electron chi connectivity index (χ3n) is 2.53. The van der Waals surface area contributed by atoms with Crippen molar-refractivity contribution in [1.82, 2.24) is 0 Å². The topological polar surface area (TPSA) is 69.6 Å². The first-order valence-electron chi connectivity index (χ1n) is 5.68. The number of carboxylic acids is 1. The number of carbonyl (C=O) groups excluding carboxylic acids is 1. The van der Waals surface area contributed by atoms with E-state index in [0.717, 1.165) is 5.69 Å². The van der Waals surface area contributed by atoms with Crippen LogP contribution >= 0.6 is 0 Å². The molecule has 2 N–H and O–H groups in total. The highest BCUT2D eigenvalue weighted by atomic mass is 16.4. The molecule has 0 saturated heterocycles. The SMILES string of the molecule is CC(C)C(=O)Nc1ccc(N(C)C)cc1C(=O)O. The fraction of sp³-hybridized carbons (Fsp3) is 0.385. The Morgan fingerprint density at radius 2 is 1.89 bits per heavy atom. The Kier molecular flexibility index (Phi) is 4.31. The van der Waals surface area contributed by atoms with Gasteiger partial charge in [0.1, 0.15) is 0 Å². The van der Waals surface area contributed by atoms with Gasteiger partial charge in [0.2, 0.25) is 5.91 Å². The first-order chi connectivity index (χ1) is 8.32. The molecule has 0 aliphatic rings. The Labute approximate surface area is 106 Å². The minimum absolute atomic E-state index is 0.0928. The average molecular weight is 250 g/mol. The lowest BCUT2D eigenvalue weighted by atomic mass is 10.1. The van der Waals surface area contributed by atoms with Gasteiger partial charge in [0, 0.05) is 25.7 Å². The second kappa shape index (κ2) is 5.53. The Bertz CT molecular complexity index is 467. The van der Waals surface area contributed by atoms with Gasteiger partial charge < -0.3 is 15.3 Å². The van der Waals surface area contributed by atoms with Crippen molar-refractivity contribution in [2.75, 3.05) is 24.3 Å². The van der Waals surface area contributed by atoms with E-state index in [-0.39, 0.29) is 17.4 Å². The van der Waals surface area contributed by atoms with Gasteiger partial charge in [0.05, 0.1) is 11.3 Å². The van der Waals surface area contributed by atoms with Crippen LogP contribution in [-0.4, -0.2) is 31.1 Å². The number of rotatable bonds is 4. The number of nitrogens with zero attached hydrogens (tertiary/aromatic N) is 1. The number of hydrogen-bond donors (Lipinski definition) is 2. The van der Waals surface area contributed by atoms with Crippen LogP contribution in [0.1, 0.15) is 24.2 Å². The van der Waals surface area contributed by atoms with E-state index in [9.17, 15) is 9.59 Å². The number of amides is 1. The molecule has 5 heteroatoms. The second-order valence-electron chi connectivity index (χ2n) is 4.57. The van der Waals surface area contributed by atoms with Crippen LogP contribution in [0.3, 0.4) is 0 Å². The maximum absolute atomic E-state index is 11.6. The van der Waals surface area contributed by atoms with Gasteiger partial charge in [-0.05, 0) is 18.2 Å². The summed E-state index contributed by atoms with van der Waals surface area (Å²) in [5.41, 5.74) is 1.19. The normalized spacial score (nSPS) is 10.3. The van der Waals surface area contributed by atoms with Gasteiger partial charge >= 0.3 is 5.97 Å². The summed E-state index contributed by atoms with van der Waals surface area (Å²) in [6, 6.07) is 4.92. The van der Waals surface area contributed by atoms with Crippen molar-refractivity contribution in [3.63, 3.8) is 0 Å². The van der Waals surface area contributed by atoms with E-state index in [1.807, 2.05) is 14.1 Å². The molecule has 0 heterocycles. The Hall–Kier alpha value is -2.04. The molecular weight excluding hydrogens is 232 g/mol. The van der Waals surface area contributed by atoms with E-state index in [2.05, 4.69) is 5.32 Å². The minimum Gasteiger partial charge on any atom is -0.478 e. The summed E-state index contributed by atoms with van der Waals surface area (Å²) in [4.78, 5) is 24.6. The van der Waals surface area contributed by atoms with Crippen molar-refractivity contribution in [3.05, 3.63) is 23.8 Å². The quantitative estimate of drug-likeness (QED) is 0.858. The Morgan fingerprint density at radius 3 is 2.33 bits per heavy atom. The third-order valence-corrected chi connectivity index (χ3v) is 2.53. The van der Waals surface area contributed by atoms with Crippen LogP contribution in [-0.2, 0) is 4.79 Å². The van der Waals surface area contributed by atoms with E-state index in [1.165, 1.54) is 6.07 Å². The second-order valence-corrected chi connectivity index (χ2v) is 4.57. The van der Waals surface area contributed by atoms with Gasteiger partial charge in [0.25, 0.3) is 0 Å². The van der Waals surface area contributed by atoms with Crippen molar-refractivity contribution in [3.8, 4) is 0 Å². The minimum atomic E-state index is -1.06. The zero-order chi connectivity index (χ0) is 13.9. The van der Waals surface area contributed by atoms with Crippen LogP contribution in [0.2, 0.25) is 0 Å². The molecule has 0 aliphatic heterocycles. The van der Waals surface area contributed by atoms with Crippen LogP contribution in [0, 0.1) is 5.92 Å². The molecule has 1 rings (SSSR count). The predicted octanol–water partition coefficient (Wildman–Crippen LogP) is 2.05. The van der Waals surface area contributed by atoms with Gasteiger partial charge in [-0.15, -0.1) is 0 Å². The van der Waals surface area contributed by atoms with Crippen molar-refractivity contribution in [1.29, 1.82) is 0 Å². The molecule has 5 nitrogen and oxygen atoms in total. The van der Waals surface area contributed by atoms with Crippen molar-refractivity contribution >= 4 is 23.3 Å². The third kappa shape index (κ3) is 3.23. The highest BCUT2D eigenvalue weighted by Gasteiger charge is 2.15. The van der Waals surface area contributed by atoms with Crippen molar-refractivity contribution < 1.29 is 14.7 Å². The fourth-order valence-corrected chi connectivity index (χ4v) is 1.37. The maximum atomic E-state index is 11.6. The first-order valence-corrected chi connectivity index (χ1v) is 5.68. The molecule has 0 aromatic heterocycles. The molecule has 0 fully saturated rings. The molecule has 0 unspecified atom stereocenters. The Balaban J connectivity index is 3.12. The molecule has 0 saturated carbocycles. The molecule has 98 valence electrons. The van der Waals surface area contributed by atoms with E-state index < -0.39 is 5.97 Å². The number of anilines is 2. The van der Waals surface area contributed by atoms with Gasteiger partial charge in [-0.1, -0.05) is 13.8 Å². The van der Waals surface area contributed by atoms with E-state index in [1.54, 1.807) is 30.9 Å². The van der Waals surface area contributed by atoms with Crippen LogP contribution in [0.15, 0.2) is 18.2 Å². The standard InChI is InChI=1S/C13H18N2O3/c1-8(2)12(16)14-11-6-5-9(15(3)4)7-10(11)13(17)18/h5-8H,1-4H3,(H,14,16)(H,17,18). The summed E-state index contributed by atoms with van der Waals surface area (Å²) in [6.07, 6.45) is 0. The van der Waals surface area contributed by atoms with Gasteiger partial charge in [-0.2, -0.15) is 0 Å². The number of carbonyl (C=O) groups is 2. The largest absolute Gasteiger partial charge is 0.478 e. The molecule has 18 heavy (non-hydrogen) atoms. The van der Waals surface area contributed by atoms with Crippen LogP contribution in [0.4, 0.5) is 11.4 Å². The molecule has 1 aromatic rings. The lowest BCUT2D eigenvalue weighted by Gasteiger charge is -2.16. The molecule has 0 radical (unpaired) electrons. The maximum Gasteiger partial charge on any atom is 0.337 e. The number of benzene rings is 1. The smallest absolute Gasteiger partial charge is 0.337 e.